The summed E-state index contributed by atoms with van der Waals surface area (Å²) in [6, 6.07) is -24.1. The lowest BCUT2D eigenvalue weighted by molar-refractivity contribution is 1.60. The van der Waals surface area contributed by atoms with Gasteiger partial charge in [-0.25, -0.2) is 0 Å². The quantitative estimate of drug-likeness (QED) is 0.164. The molecule has 0 aliphatic rings. The van der Waals surface area contributed by atoms with Crippen LogP contribution in [0.15, 0.2) is 181 Å². The lowest BCUT2D eigenvalue weighted by Crippen LogP contribution is -1.91. The van der Waals surface area contributed by atoms with Gasteiger partial charge >= 0.3 is 0 Å². The summed E-state index contributed by atoms with van der Waals surface area (Å²) < 4.78 is 260. The molecule has 0 fully saturated rings. The molecule has 0 unspecified atom stereocenters. The number of hydrogen-bond acceptors (Lipinski definition) is 1. The standard InChI is InChI=1S/C48H30S/c1-2-12-37-33(10-1)11-9-18-38(37)34-24-20-31(21-25-34)32-22-26-35(27-23-32)47-41-14-3-5-16-43(41)48(44-17-6-4-15-42(44)47)36-28-29-40-39-13-7-8-19-45(39)49-46(40)30-36/h1-30H/i1D,2D,3D,4D,5D,6D,7D,8D,9D,10D,11D,12D,13D,14D,15D,16D,17D,18D,19D,20D,21D,22D,23D,24D,25D,26D,27D,28D,29D. The minimum atomic E-state index is -1.10. The maximum atomic E-state index is 9.57. The number of benzene rings is 9. The Kier molecular flexibility index (Phi) is 2.66. The van der Waals surface area contributed by atoms with Gasteiger partial charge in [-0.1, -0.05) is 169 Å². The van der Waals surface area contributed by atoms with Crippen LogP contribution in [0.3, 0.4) is 0 Å². The summed E-state index contributed by atoms with van der Waals surface area (Å²) in [6.45, 7) is 0. The first kappa shape index (κ1) is 11.6. The van der Waals surface area contributed by atoms with Gasteiger partial charge in [0.1, 0.15) is 0 Å². The van der Waals surface area contributed by atoms with Crippen LogP contribution in [-0.4, -0.2) is 0 Å². The molecule has 1 heterocycles. The van der Waals surface area contributed by atoms with Gasteiger partial charge in [0.15, 0.2) is 0 Å². The van der Waals surface area contributed by atoms with E-state index in [2.05, 4.69) is 0 Å². The Labute approximate surface area is 329 Å². The van der Waals surface area contributed by atoms with Crippen LogP contribution >= 0.6 is 11.3 Å². The lowest BCUT2D eigenvalue weighted by Gasteiger charge is -2.18. The fourth-order valence-corrected chi connectivity index (χ4v) is 6.77. The highest BCUT2D eigenvalue weighted by Gasteiger charge is 2.17. The van der Waals surface area contributed by atoms with Gasteiger partial charge in [-0.05, 0) is 88.9 Å². The Bertz CT molecular complexity index is 4390. The monoisotopic (exact) mass is 667 g/mol. The Morgan fingerprint density at radius 1 is 0.306 bits per heavy atom. The summed E-state index contributed by atoms with van der Waals surface area (Å²) in [5.74, 6) is 0. The highest BCUT2D eigenvalue weighted by Crippen LogP contribution is 2.45. The molecule has 0 N–H and O–H groups in total. The molecule has 1 aromatic heterocycles. The van der Waals surface area contributed by atoms with E-state index in [1.165, 1.54) is 6.07 Å². The zero-order valence-corrected chi connectivity index (χ0v) is 25.3. The SMILES string of the molecule is [2H]c1c([2H])c(-c2c([2H])c([2H])c([2H])c3c([2H])c([2H])c([2H])c([2H])c23)c([2H])c([2H])c1-c1c([2H])c([2H])c(-c2c3c([2H])c([2H])c([2H])c([2H])c3c(-c3cc4sc5c([2H])c([2H])c([2H])c([2H])c5c4c([2H])c3[2H])c3c([2H])c([2H])c([2H])c([2H])c23)c([2H])c1[2H]. The second-order valence-corrected chi connectivity index (χ2v) is 11.7. The zero-order valence-electron chi connectivity index (χ0n) is 53.5. The van der Waals surface area contributed by atoms with Gasteiger partial charge in [0.05, 0.1) is 39.8 Å². The summed E-state index contributed by atoms with van der Waals surface area (Å²) in [6.07, 6.45) is 0. The van der Waals surface area contributed by atoms with Crippen LogP contribution in [0.4, 0.5) is 0 Å². The van der Waals surface area contributed by atoms with Crippen molar-refractivity contribution in [2.24, 2.45) is 0 Å². The van der Waals surface area contributed by atoms with E-state index in [0.29, 0.717) is 0 Å². The number of rotatable bonds is 4. The van der Waals surface area contributed by atoms with E-state index < -0.39 is 246 Å². The van der Waals surface area contributed by atoms with E-state index >= 15 is 0 Å². The number of hydrogen-bond donors (Lipinski definition) is 0. The Balaban J connectivity index is 1.34. The van der Waals surface area contributed by atoms with Gasteiger partial charge in [-0.2, -0.15) is 0 Å². The fourth-order valence-electron chi connectivity index (χ4n) is 5.76. The second kappa shape index (κ2) is 11.3. The average Bonchev–Trinajstić information content (AvgIpc) is 3.85. The minimum absolute atomic E-state index is 0.00187. The van der Waals surface area contributed by atoms with Crippen LogP contribution in [-0.2, 0) is 0 Å². The normalized spacial score (nSPS) is 20.0. The molecule has 228 valence electrons. The smallest absolute Gasteiger partial charge is 0.0638 e. The molecule has 0 aliphatic heterocycles. The van der Waals surface area contributed by atoms with Crippen molar-refractivity contribution in [1.82, 2.24) is 0 Å². The van der Waals surface area contributed by atoms with Gasteiger partial charge < -0.3 is 0 Å². The molecule has 0 atom stereocenters. The third-order valence-electron chi connectivity index (χ3n) is 7.92. The fraction of sp³-hybridized carbons (Fsp3) is 0. The van der Waals surface area contributed by atoms with E-state index in [-0.39, 0.29) is 25.7 Å². The highest BCUT2D eigenvalue weighted by molar-refractivity contribution is 7.25. The Hall–Kier alpha value is -6.02. The third-order valence-corrected chi connectivity index (χ3v) is 8.97. The van der Waals surface area contributed by atoms with Crippen molar-refractivity contribution in [2.75, 3.05) is 0 Å². The van der Waals surface area contributed by atoms with Crippen molar-refractivity contribution in [3.63, 3.8) is 0 Å². The summed E-state index contributed by atoms with van der Waals surface area (Å²) in [4.78, 5) is 0. The van der Waals surface area contributed by atoms with Crippen molar-refractivity contribution in [2.45, 2.75) is 0 Å². The molecule has 49 heavy (non-hydrogen) atoms. The maximum Gasteiger partial charge on any atom is 0.0638 e. The molecular formula is C48H30S. The van der Waals surface area contributed by atoms with Crippen molar-refractivity contribution < 1.29 is 39.8 Å². The van der Waals surface area contributed by atoms with E-state index in [9.17, 15) is 19.2 Å². The molecule has 0 radical (unpaired) electrons. The summed E-state index contributed by atoms with van der Waals surface area (Å²) in [5.41, 5.74) is -5.58. The van der Waals surface area contributed by atoms with Crippen molar-refractivity contribution >= 4 is 63.8 Å². The first-order valence-electron chi connectivity index (χ1n) is 29.0. The molecule has 0 saturated heterocycles. The molecule has 0 amide bonds. The van der Waals surface area contributed by atoms with Crippen LogP contribution in [0.2, 0.25) is 0 Å². The van der Waals surface area contributed by atoms with Crippen molar-refractivity contribution in [3.8, 4) is 44.5 Å². The summed E-state index contributed by atoms with van der Waals surface area (Å²) >= 11 is 0.800. The van der Waals surface area contributed by atoms with Crippen LogP contribution in [0.5, 0.6) is 0 Å². The predicted molar refractivity (Wildman–Crippen MR) is 214 cm³/mol. The van der Waals surface area contributed by atoms with Gasteiger partial charge in [-0.15, -0.1) is 11.3 Å². The van der Waals surface area contributed by atoms with Gasteiger partial charge in [-0.3, -0.25) is 0 Å². The average molecular weight is 668 g/mol. The van der Waals surface area contributed by atoms with Gasteiger partial charge in [0, 0.05) is 20.2 Å². The topological polar surface area (TPSA) is 0 Å². The van der Waals surface area contributed by atoms with Crippen LogP contribution < -0.4 is 0 Å². The first-order chi connectivity index (χ1) is 36.4. The van der Waals surface area contributed by atoms with E-state index in [4.69, 9.17) is 20.6 Å². The number of fused-ring (bicyclic) bond motifs is 6. The molecule has 10 aromatic rings. The van der Waals surface area contributed by atoms with Crippen LogP contribution in [0, 0.1) is 0 Å². The molecule has 9 aromatic carbocycles. The first-order valence-corrected chi connectivity index (χ1v) is 15.3. The molecule has 0 aliphatic carbocycles. The molecule has 0 spiro atoms. The minimum Gasteiger partial charge on any atom is -0.135 e. The third kappa shape index (κ3) is 4.58. The summed E-state index contributed by atoms with van der Waals surface area (Å²) in [7, 11) is 0. The largest absolute Gasteiger partial charge is 0.135 e. The summed E-state index contributed by atoms with van der Waals surface area (Å²) in [5, 5.41) is -3.78. The Morgan fingerprint density at radius 3 is 1.41 bits per heavy atom. The predicted octanol–water partition coefficient (Wildman–Crippen LogP) is 14.2. The van der Waals surface area contributed by atoms with Gasteiger partial charge in [0.2, 0.25) is 0 Å². The van der Waals surface area contributed by atoms with E-state index in [1.54, 1.807) is 0 Å². The molecular weight excluding hydrogens is 609 g/mol. The zero-order chi connectivity index (χ0) is 57.5. The van der Waals surface area contributed by atoms with Crippen molar-refractivity contribution in [1.29, 1.82) is 0 Å². The molecule has 0 saturated carbocycles. The Morgan fingerprint density at radius 2 is 0.755 bits per heavy atom. The molecule has 1 heteroatoms. The molecule has 0 nitrogen and oxygen atoms in total. The molecule has 10 rings (SSSR count). The van der Waals surface area contributed by atoms with E-state index in [1.807, 2.05) is 0 Å². The lowest BCUT2D eigenvalue weighted by atomic mass is 9.85. The second-order valence-electron chi connectivity index (χ2n) is 10.6. The van der Waals surface area contributed by atoms with Crippen LogP contribution in [0.1, 0.15) is 39.8 Å². The number of thiophene rings is 1. The van der Waals surface area contributed by atoms with Crippen molar-refractivity contribution in [3.05, 3.63) is 181 Å². The highest BCUT2D eigenvalue weighted by atomic mass is 32.1. The van der Waals surface area contributed by atoms with Gasteiger partial charge in [0.25, 0.3) is 0 Å². The maximum absolute atomic E-state index is 9.57. The van der Waals surface area contributed by atoms with Crippen LogP contribution in [0.25, 0.3) is 97.0 Å². The van der Waals surface area contributed by atoms with E-state index in [0.717, 1.165) is 11.3 Å². The molecule has 0 bridgehead atoms.